The zero-order valence-electron chi connectivity index (χ0n) is 19.9. The van der Waals surface area contributed by atoms with Crippen molar-refractivity contribution in [2.75, 3.05) is 0 Å². The molecule has 1 aliphatic heterocycles. The van der Waals surface area contributed by atoms with E-state index in [0.717, 1.165) is 12.8 Å². The number of hydrogen-bond acceptors (Lipinski definition) is 4. The van der Waals surface area contributed by atoms with Crippen molar-refractivity contribution >= 4 is 0 Å². The monoisotopic (exact) mass is 439 g/mol. The zero-order valence-corrected chi connectivity index (χ0v) is 19.9. The van der Waals surface area contributed by atoms with Crippen molar-refractivity contribution < 1.29 is 14.9 Å². The molecule has 1 aromatic heterocycles. The first-order valence-electron chi connectivity index (χ1n) is 11.8. The van der Waals surface area contributed by atoms with Crippen LogP contribution in [0.4, 0.5) is 0 Å². The minimum Gasteiger partial charge on any atom is -0.508 e. The number of pyridine rings is 1. The summed E-state index contributed by atoms with van der Waals surface area (Å²) in [4.78, 5) is 15.5. The van der Waals surface area contributed by atoms with Crippen molar-refractivity contribution in [1.29, 1.82) is 0 Å². The fraction of sp³-hybridized carbons (Fsp3) is 0.519. The summed E-state index contributed by atoms with van der Waals surface area (Å²) in [6.07, 6.45) is 7.20. The lowest BCUT2D eigenvalue weighted by molar-refractivity contribution is -0.0630. The van der Waals surface area contributed by atoms with E-state index >= 15 is 0 Å². The second kappa shape index (κ2) is 10.4. The number of H-pyrrole nitrogens is 1. The summed E-state index contributed by atoms with van der Waals surface area (Å²) in [6.45, 7) is 11.1. The van der Waals surface area contributed by atoms with Crippen molar-refractivity contribution in [3.05, 3.63) is 58.0 Å². The number of benzene rings is 1. The van der Waals surface area contributed by atoms with Gasteiger partial charge >= 0.3 is 0 Å². The zero-order chi connectivity index (χ0) is 23.4. The van der Waals surface area contributed by atoms with Gasteiger partial charge < -0.3 is 19.9 Å². The highest BCUT2D eigenvalue weighted by molar-refractivity contribution is 5.71. The van der Waals surface area contributed by atoms with Crippen molar-refractivity contribution in [1.82, 2.24) is 4.98 Å². The molecule has 1 saturated heterocycles. The quantitative estimate of drug-likeness (QED) is 0.440. The first-order chi connectivity index (χ1) is 15.2. The Labute approximate surface area is 191 Å². The second-order valence-corrected chi connectivity index (χ2v) is 9.58. The smallest absolute Gasteiger partial charge is 0.257 e. The van der Waals surface area contributed by atoms with Gasteiger partial charge in [-0.3, -0.25) is 4.79 Å². The summed E-state index contributed by atoms with van der Waals surface area (Å²) in [5.74, 6) is 1.60. The largest absolute Gasteiger partial charge is 0.508 e. The molecule has 32 heavy (non-hydrogen) atoms. The third kappa shape index (κ3) is 5.44. The predicted octanol–water partition coefficient (Wildman–Crippen LogP) is 6.33. The summed E-state index contributed by atoms with van der Waals surface area (Å²) in [7, 11) is 0. The van der Waals surface area contributed by atoms with Gasteiger partial charge in [-0.2, -0.15) is 0 Å². The summed E-state index contributed by atoms with van der Waals surface area (Å²) < 4.78 is 6.46. The average Bonchev–Trinajstić information content (AvgIpc) is 2.75. The number of aromatic nitrogens is 1. The molecule has 0 radical (unpaired) electrons. The fourth-order valence-corrected chi connectivity index (χ4v) is 4.82. The molecular formula is C27H37NO4. The van der Waals surface area contributed by atoms with Crippen LogP contribution in [0.15, 0.2) is 46.9 Å². The van der Waals surface area contributed by atoms with Gasteiger partial charge in [0.25, 0.3) is 5.56 Å². The maximum Gasteiger partial charge on any atom is 0.257 e. The molecule has 5 atom stereocenters. The molecule has 1 fully saturated rings. The van der Waals surface area contributed by atoms with Crippen molar-refractivity contribution in [3.63, 3.8) is 0 Å². The average molecular weight is 440 g/mol. The topological polar surface area (TPSA) is 82.5 Å². The number of phenols is 1. The van der Waals surface area contributed by atoms with E-state index < -0.39 is 6.10 Å². The van der Waals surface area contributed by atoms with Gasteiger partial charge in [0.15, 0.2) is 0 Å². The van der Waals surface area contributed by atoms with Crippen LogP contribution in [0.2, 0.25) is 0 Å². The number of hydrogen-bond donors (Lipinski definition) is 3. The van der Waals surface area contributed by atoms with E-state index in [0.29, 0.717) is 35.3 Å². The Morgan fingerprint density at radius 2 is 1.91 bits per heavy atom. The summed E-state index contributed by atoms with van der Waals surface area (Å²) in [5.41, 5.74) is 2.40. The lowest BCUT2D eigenvalue weighted by atomic mass is 9.85. The van der Waals surface area contributed by atoms with E-state index in [-0.39, 0.29) is 28.7 Å². The molecule has 2 aromatic rings. The molecule has 5 heteroatoms. The molecule has 3 rings (SSSR count). The number of rotatable bonds is 7. The molecule has 1 aliphatic rings. The summed E-state index contributed by atoms with van der Waals surface area (Å²) in [6, 6.07) is 6.54. The SMILES string of the molecule is CC[C@H](C)C[C@H](C)/C=C(\C)[C@@H]1O[C@H](c2c(O)c(-c3ccc(O)cc3)c[nH]c2=O)CC[C@@H]1C. The highest BCUT2D eigenvalue weighted by Crippen LogP contribution is 2.41. The van der Waals surface area contributed by atoms with Gasteiger partial charge in [-0.05, 0) is 67.2 Å². The van der Waals surface area contributed by atoms with Crippen molar-refractivity contribution in [3.8, 4) is 22.6 Å². The highest BCUT2D eigenvalue weighted by atomic mass is 16.5. The molecule has 0 unspecified atom stereocenters. The van der Waals surface area contributed by atoms with E-state index in [9.17, 15) is 15.0 Å². The Balaban J connectivity index is 1.88. The third-order valence-corrected chi connectivity index (χ3v) is 6.78. The number of nitrogens with one attached hydrogen (secondary N) is 1. The van der Waals surface area contributed by atoms with Gasteiger partial charge in [0.1, 0.15) is 11.5 Å². The Bertz CT molecular complexity index is 992. The predicted molar refractivity (Wildman–Crippen MR) is 129 cm³/mol. The fourth-order valence-electron chi connectivity index (χ4n) is 4.82. The summed E-state index contributed by atoms with van der Waals surface area (Å²) in [5, 5.41) is 20.6. The Morgan fingerprint density at radius 1 is 1.22 bits per heavy atom. The molecule has 5 nitrogen and oxygen atoms in total. The van der Waals surface area contributed by atoms with Gasteiger partial charge in [0.2, 0.25) is 0 Å². The molecule has 0 amide bonds. The molecule has 3 N–H and O–H groups in total. The molecule has 0 saturated carbocycles. The maximum absolute atomic E-state index is 12.7. The van der Waals surface area contributed by atoms with Gasteiger partial charge in [-0.15, -0.1) is 0 Å². The normalized spacial score (nSPS) is 23.7. The van der Waals surface area contributed by atoms with Crippen LogP contribution >= 0.6 is 0 Å². The van der Waals surface area contributed by atoms with Crippen LogP contribution in [-0.2, 0) is 4.74 Å². The van der Waals surface area contributed by atoms with Gasteiger partial charge in [0, 0.05) is 11.8 Å². The minimum atomic E-state index is -0.467. The number of phenolic OH excluding ortho intramolecular Hbond substituents is 1. The number of allylic oxidation sites excluding steroid dienone is 1. The maximum atomic E-state index is 12.7. The van der Waals surface area contributed by atoms with Crippen LogP contribution in [-0.4, -0.2) is 21.3 Å². The highest BCUT2D eigenvalue weighted by Gasteiger charge is 2.33. The van der Waals surface area contributed by atoms with Crippen LogP contribution < -0.4 is 5.56 Å². The third-order valence-electron chi connectivity index (χ3n) is 6.78. The second-order valence-electron chi connectivity index (χ2n) is 9.58. The lowest BCUT2D eigenvalue weighted by Gasteiger charge is -2.36. The van der Waals surface area contributed by atoms with Crippen LogP contribution in [0, 0.1) is 17.8 Å². The van der Waals surface area contributed by atoms with E-state index in [1.165, 1.54) is 18.2 Å². The number of aromatic hydroxyl groups is 2. The van der Waals surface area contributed by atoms with Crippen LogP contribution in [0.25, 0.3) is 11.1 Å². The molecular weight excluding hydrogens is 402 g/mol. The Morgan fingerprint density at radius 3 is 2.56 bits per heavy atom. The van der Waals surface area contributed by atoms with Crippen LogP contribution in [0.1, 0.15) is 72.0 Å². The van der Waals surface area contributed by atoms with E-state index in [1.54, 1.807) is 24.3 Å². The Hall–Kier alpha value is -2.53. The van der Waals surface area contributed by atoms with E-state index in [2.05, 4.69) is 45.7 Å². The Kier molecular flexibility index (Phi) is 7.83. The molecule has 0 bridgehead atoms. The lowest BCUT2D eigenvalue weighted by Crippen LogP contribution is -2.33. The molecule has 0 spiro atoms. The van der Waals surface area contributed by atoms with Crippen LogP contribution in [0.3, 0.4) is 0 Å². The van der Waals surface area contributed by atoms with Crippen molar-refractivity contribution in [2.45, 2.75) is 72.5 Å². The molecule has 2 heterocycles. The van der Waals surface area contributed by atoms with E-state index in [4.69, 9.17) is 4.74 Å². The van der Waals surface area contributed by atoms with Crippen molar-refractivity contribution in [2.24, 2.45) is 17.8 Å². The standard InChI is InChI=1S/C27H37NO4/c1-6-16(2)13-17(3)14-19(5)26-18(4)7-12-23(32-26)24-25(30)22(15-28-27(24)31)20-8-10-21(29)11-9-20/h8-11,14-18,23,26,29H,6-7,12-13H2,1-5H3,(H2,28,30,31)/b19-14+/t16-,17-,18-,23-,26+/m0/s1. The number of ether oxygens (including phenoxy) is 1. The molecule has 0 aliphatic carbocycles. The minimum absolute atomic E-state index is 0.0514. The number of aromatic amines is 1. The van der Waals surface area contributed by atoms with Gasteiger partial charge in [-0.25, -0.2) is 0 Å². The summed E-state index contributed by atoms with van der Waals surface area (Å²) >= 11 is 0. The van der Waals surface area contributed by atoms with Gasteiger partial charge in [-0.1, -0.05) is 52.3 Å². The first-order valence-corrected chi connectivity index (χ1v) is 11.8. The van der Waals surface area contributed by atoms with Crippen LogP contribution in [0.5, 0.6) is 11.5 Å². The molecule has 174 valence electrons. The first kappa shape index (κ1) is 24.1. The van der Waals surface area contributed by atoms with E-state index in [1.807, 2.05) is 0 Å². The molecule has 1 aromatic carbocycles. The van der Waals surface area contributed by atoms with Gasteiger partial charge in [0.05, 0.1) is 17.8 Å².